The predicted molar refractivity (Wildman–Crippen MR) is 94.2 cm³/mol. The van der Waals surface area contributed by atoms with Crippen LogP contribution < -0.4 is 4.90 Å². The lowest BCUT2D eigenvalue weighted by atomic mass is 9.69. The molecule has 2 aromatic rings. The first-order valence-corrected chi connectivity index (χ1v) is 9.29. The molecule has 0 unspecified atom stereocenters. The highest BCUT2D eigenvalue weighted by Gasteiger charge is 2.46. The zero-order chi connectivity index (χ0) is 16.0. The second-order valence-corrected chi connectivity index (χ2v) is 7.94. The summed E-state index contributed by atoms with van der Waals surface area (Å²) in [6.45, 7) is 5.30. The molecule has 0 amide bonds. The van der Waals surface area contributed by atoms with Gasteiger partial charge in [0.25, 0.3) is 0 Å². The van der Waals surface area contributed by atoms with Crippen molar-refractivity contribution in [2.75, 3.05) is 38.2 Å². The van der Waals surface area contributed by atoms with Gasteiger partial charge in [0, 0.05) is 24.5 Å². The number of likely N-dealkylation sites (N-methyl/N-ethyl adjacent to an activating group) is 1. The van der Waals surface area contributed by atoms with E-state index >= 15 is 0 Å². The summed E-state index contributed by atoms with van der Waals surface area (Å²) in [6, 6.07) is 2.53. The summed E-state index contributed by atoms with van der Waals surface area (Å²) in [7, 11) is 2.20. The quantitative estimate of drug-likeness (QED) is 0.914. The molecule has 23 heavy (non-hydrogen) atoms. The van der Waals surface area contributed by atoms with E-state index in [2.05, 4.69) is 33.3 Å². The summed E-state index contributed by atoms with van der Waals surface area (Å²) in [5, 5.41) is 13.3. The SMILES string of the molecule is Cc1nc(N2CC[C@@]3(CO)CCCN(C)[C@@H]3C2)c2ccsc2n1. The van der Waals surface area contributed by atoms with Gasteiger partial charge in [-0.05, 0) is 51.2 Å². The minimum atomic E-state index is 0.0688. The lowest BCUT2D eigenvalue weighted by Gasteiger charge is -2.53. The number of thiophene rings is 1. The van der Waals surface area contributed by atoms with Crippen molar-refractivity contribution in [1.82, 2.24) is 14.9 Å². The minimum Gasteiger partial charge on any atom is -0.396 e. The molecule has 0 spiro atoms. The van der Waals surface area contributed by atoms with Crippen LogP contribution in [0.15, 0.2) is 11.4 Å². The average Bonchev–Trinajstić information content (AvgIpc) is 3.02. The molecule has 2 aromatic heterocycles. The highest BCUT2D eigenvalue weighted by atomic mass is 32.1. The Morgan fingerprint density at radius 3 is 3.04 bits per heavy atom. The molecule has 0 aliphatic carbocycles. The molecule has 2 aliphatic rings. The number of hydrogen-bond acceptors (Lipinski definition) is 6. The molecule has 5 nitrogen and oxygen atoms in total. The standard InChI is InChI=1S/C17H24N4OS/c1-12-18-15(13-4-9-23-16(13)19-12)21-8-6-17(11-22)5-3-7-20(2)14(17)10-21/h4,9,14,22H,3,5-8,10-11H2,1-2H3/t14-,17-/m1/s1. The fourth-order valence-electron chi connectivity index (χ4n) is 4.39. The highest BCUT2D eigenvalue weighted by molar-refractivity contribution is 7.16. The Labute approximate surface area is 141 Å². The van der Waals surface area contributed by atoms with Crippen molar-refractivity contribution < 1.29 is 5.11 Å². The number of likely N-dealkylation sites (tertiary alicyclic amines) is 1. The molecule has 2 saturated heterocycles. The van der Waals surface area contributed by atoms with Gasteiger partial charge in [-0.15, -0.1) is 11.3 Å². The lowest BCUT2D eigenvalue weighted by Crippen LogP contribution is -2.61. The zero-order valence-corrected chi connectivity index (χ0v) is 14.6. The monoisotopic (exact) mass is 332 g/mol. The van der Waals surface area contributed by atoms with Crippen molar-refractivity contribution in [3.05, 3.63) is 17.3 Å². The third kappa shape index (κ3) is 2.44. The number of hydrogen-bond donors (Lipinski definition) is 1. The number of aromatic nitrogens is 2. The molecule has 2 aliphatic heterocycles. The normalized spacial score (nSPS) is 29.0. The van der Waals surface area contributed by atoms with E-state index in [0.717, 1.165) is 54.3 Å². The van der Waals surface area contributed by atoms with Gasteiger partial charge in [-0.2, -0.15) is 0 Å². The van der Waals surface area contributed by atoms with E-state index in [4.69, 9.17) is 4.98 Å². The zero-order valence-electron chi connectivity index (χ0n) is 13.8. The van der Waals surface area contributed by atoms with Crippen molar-refractivity contribution in [2.45, 2.75) is 32.2 Å². The predicted octanol–water partition coefficient (Wildman–Crippen LogP) is 2.28. The summed E-state index contributed by atoms with van der Waals surface area (Å²) >= 11 is 1.68. The first-order valence-electron chi connectivity index (χ1n) is 8.41. The summed E-state index contributed by atoms with van der Waals surface area (Å²) in [6.07, 6.45) is 3.37. The van der Waals surface area contributed by atoms with Crippen LogP contribution in [0.2, 0.25) is 0 Å². The highest BCUT2D eigenvalue weighted by Crippen LogP contribution is 2.43. The van der Waals surface area contributed by atoms with E-state index in [1.807, 2.05) is 6.92 Å². The first-order chi connectivity index (χ1) is 11.1. The van der Waals surface area contributed by atoms with Crippen LogP contribution in [-0.4, -0.2) is 59.3 Å². The maximum atomic E-state index is 10.1. The fourth-order valence-corrected chi connectivity index (χ4v) is 5.20. The summed E-state index contributed by atoms with van der Waals surface area (Å²) in [5.74, 6) is 1.91. The molecule has 124 valence electrons. The fraction of sp³-hybridized carbons (Fsp3) is 0.647. The van der Waals surface area contributed by atoms with Crippen LogP contribution in [0.25, 0.3) is 10.2 Å². The molecule has 2 fully saturated rings. The Kier molecular flexibility index (Phi) is 3.78. The van der Waals surface area contributed by atoms with Crippen molar-refractivity contribution in [1.29, 1.82) is 0 Å². The van der Waals surface area contributed by atoms with Gasteiger partial charge in [0.05, 0.1) is 12.0 Å². The third-order valence-electron chi connectivity index (χ3n) is 5.73. The smallest absolute Gasteiger partial charge is 0.141 e. The molecular weight excluding hydrogens is 308 g/mol. The molecule has 0 aromatic carbocycles. The first kappa shape index (κ1) is 15.3. The molecule has 2 atom stereocenters. The van der Waals surface area contributed by atoms with Crippen LogP contribution in [0.3, 0.4) is 0 Å². The lowest BCUT2D eigenvalue weighted by molar-refractivity contribution is -0.0277. The summed E-state index contributed by atoms with van der Waals surface area (Å²) < 4.78 is 0. The van der Waals surface area contributed by atoms with Crippen LogP contribution in [0.4, 0.5) is 5.82 Å². The van der Waals surface area contributed by atoms with Crippen LogP contribution in [0.1, 0.15) is 25.1 Å². The van der Waals surface area contributed by atoms with Gasteiger partial charge < -0.3 is 14.9 Å². The summed E-state index contributed by atoms with van der Waals surface area (Å²) in [5.41, 5.74) is 0.0688. The minimum absolute atomic E-state index is 0.0688. The van der Waals surface area contributed by atoms with Gasteiger partial charge in [-0.1, -0.05) is 0 Å². The van der Waals surface area contributed by atoms with Crippen molar-refractivity contribution in [3.8, 4) is 0 Å². The van der Waals surface area contributed by atoms with Crippen LogP contribution in [0, 0.1) is 12.3 Å². The van der Waals surface area contributed by atoms with Crippen LogP contribution in [0.5, 0.6) is 0 Å². The Hall–Kier alpha value is -1.24. The van der Waals surface area contributed by atoms with Gasteiger partial charge in [0.1, 0.15) is 16.5 Å². The Morgan fingerprint density at radius 2 is 2.22 bits per heavy atom. The molecule has 1 N–H and O–H groups in total. The molecule has 4 rings (SSSR count). The Morgan fingerprint density at radius 1 is 1.35 bits per heavy atom. The Balaban J connectivity index is 1.70. The van der Waals surface area contributed by atoms with E-state index in [1.165, 1.54) is 6.42 Å². The topological polar surface area (TPSA) is 52.5 Å². The number of aryl methyl sites for hydroxylation is 1. The molecule has 0 bridgehead atoms. The van der Waals surface area contributed by atoms with Crippen LogP contribution >= 0.6 is 11.3 Å². The van der Waals surface area contributed by atoms with Gasteiger partial charge in [-0.3, -0.25) is 0 Å². The number of piperidine rings is 2. The average molecular weight is 332 g/mol. The van der Waals surface area contributed by atoms with E-state index in [0.29, 0.717) is 12.6 Å². The third-order valence-corrected chi connectivity index (χ3v) is 6.54. The van der Waals surface area contributed by atoms with Crippen molar-refractivity contribution >= 4 is 27.4 Å². The van der Waals surface area contributed by atoms with Crippen molar-refractivity contribution in [3.63, 3.8) is 0 Å². The molecule has 0 saturated carbocycles. The number of aliphatic hydroxyl groups excluding tert-OH is 1. The maximum absolute atomic E-state index is 10.1. The molecule has 0 radical (unpaired) electrons. The number of anilines is 1. The van der Waals surface area contributed by atoms with Gasteiger partial charge in [0.2, 0.25) is 0 Å². The number of fused-ring (bicyclic) bond motifs is 2. The van der Waals surface area contributed by atoms with Gasteiger partial charge in [0.15, 0.2) is 0 Å². The molecular formula is C17H24N4OS. The number of aliphatic hydroxyl groups is 1. The molecule has 6 heteroatoms. The Bertz CT molecular complexity index is 718. The molecule has 4 heterocycles. The number of nitrogens with zero attached hydrogens (tertiary/aromatic N) is 4. The second-order valence-electron chi connectivity index (χ2n) is 7.05. The maximum Gasteiger partial charge on any atom is 0.141 e. The van der Waals surface area contributed by atoms with Crippen molar-refractivity contribution in [2.24, 2.45) is 5.41 Å². The van der Waals surface area contributed by atoms with Gasteiger partial charge in [-0.25, -0.2) is 9.97 Å². The van der Waals surface area contributed by atoms with E-state index < -0.39 is 0 Å². The van der Waals surface area contributed by atoms with Crippen LogP contribution in [-0.2, 0) is 0 Å². The van der Waals surface area contributed by atoms with E-state index in [9.17, 15) is 5.11 Å². The second kappa shape index (κ2) is 5.69. The van der Waals surface area contributed by atoms with E-state index in [1.54, 1.807) is 11.3 Å². The number of rotatable bonds is 2. The van der Waals surface area contributed by atoms with E-state index in [-0.39, 0.29) is 5.41 Å². The largest absolute Gasteiger partial charge is 0.396 e. The summed E-state index contributed by atoms with van der Waals surface area (Å²) in [4.78, 5) is 15.2. The van der Waals surface area contributed by atoms with Gasteiger partial charge >= 0.3 is 0 Å².